The van der Waals surface area contributed by atoms with Gasteiger partial charge in [-0.25, -0.2) is 0 Å². The second kappa shape index (κ2) is 2.87. The number of aromatic nitrogens is 1. The van der Waals surface area contributed by atoms with Gasteiger partial charge in [-0.15, -0.1) is 0 Å². The van der Waals surface area contributed by atoms with Crippen molar-refractivity contribution < 1.29 is 4.74 Å². The highest BCUT2D eigenvalue weighted by Gasteiger charge is 1.83. The van der Waals surface area contributed by atoms with Gasteiger partial charge in [0.2, 0.25) is 0 Å². The van der Waals surface area contributed by atoms with Crippen molar-refractivity contribution in [2.75, 3.05) is 0 Å². The lowest BCUT2D eigenvalue weighted by atomic mass is 10.5. The van der Waals surface area contributed by atoms with Crippen LogP contribution in [0.25, 0.3) is 0 Å². The van der Waals surface area contributed by atoms with E-state index in [-0.39, 0.29) is 0 Å². The molecule has 0 bridgehead atoms. The molecule has 0 radical (unpaired) electrons. The normalized spacial score (nSPS) is 8.44. The van der Waals surface area contributed by atoms with Gasteiger partial charge in [0.25, 0.3) is 0 Å². The molecule has 0 aliphatic carbocycles. The molecule has 0 aromatic carbocycles. The molecule has 0 unspecified atom stereocenters. The first-order valence-corrected chi connectivity index (χ1v) is 2.61. The fourth-order valence-electron chi connectivity index (χ4n) is 0.513. The molecule has 2 heteroatoms. The highest BCUT2D eigenvalue weighted by Crippen LogP contribution is 2.05. The summed E-state index contributed by atoms with van der Waals surface area (Å²) < 4.78 is 4.93. The fraction of sp³-hybridized carbons (Fsp3) is 0. The average molecular weight is 121 g/mol. The predicted molar refractivity (Wildman–Crippen MR) is 35.1 cm³/mol. The Kier molecular flexibility index (Phi) is 1.85. The van der Waals surface area contributed by atoms with Gasteiger partial charge in [0.1, 0.15) is 5.75 Å². The SMILES string of the molecule is C=COc1ccncc1. The summed E-state index contributed by atoms with van der Waals surface area (Å²) in [5.74, 6) is 0.764. The maximum absolute atomic E-state index is 4.93. The molecule has 9 heavy (non-hydrogen) atoms. The van der Waals surface area contributed by atoms with Crippen molar-refractivity contribution >= 4 is 0 Å². The summed E-state index contributed by atoms with van der Waals surface area (Å²) in [6, 6.07) is 3.53. The Morgan fingerprint density at radius 1 is 1.44 bits per heavy atom. The van der Waals surface area contributed by atoms with Gasteiger partial charge in [-0.05, 0) is 12.1 Å². The van der Waals surface area contributed by atoms with Crippen molar-refractivity contribution in [1.29, 1.82) is 0 Å². The van der Waals surface area contributed by atoms with Crippen LogP contribution >= 0.6 is 0 Å². The number of hydrogen-bond donors (Lipinski definition) is 0. The lowest BCUT2D eigenvalue weighted by molar-refractivity contribution is 0.482. The minimum Gasteiger partial charge on any atom is -0.466 e. The Balaban J connectivity index is 2.72. The van der Waals surface area contributed by atoms with Crippen LogP contribution in [0.1, 0.15) is 0 Å². The second-order valence-electron chi connectivity index (χ2n) is 1.47. The third kappa shape index (κ3) is 1.57. The third-order valence-electron chi connectivity index (χ3n) is 0.869. The Morgan fingerprint density at radius 2 is 2.11 bits per heavy atom. The van der Waals surface area contributed by atoms with Crippen LogP contribution < -0.4 is 4.74 Å². The monoisotopic (exact) mass is 121 g/mol. The molecule has 0 spiro atoms. The summed E-state index contributed by atoms with van der Waals surface area (Å²) in [6.07, 6.45) is 4.72. The van der Waals surface area contributed by atoms with Crippen LogP contribution in [0.3, 0.4) is 0 Å². The standard InChI is InChI=1S/C7H7NO/c1-2-9-7-3-5-8-6-4-7/h2-6H,1H2. The molecule has 1 aromatic heterocycles. The van der Waals surface area contributed by atoms with Gasteiger partial charge in [0.05, 0.1) is 6.26 Å². The Labute approximate surface area is 53.8 Å². The van der Waals surface area contributed by atoms with E-state index >= 15 is 0 Å². The van der Waals surface area contributed by atoms with Crippen molar-refractivity contribution in [1.82, 2.24) is 4.98 Å². The summed E-state index contributed by atoms with van der Waals surface area (Å²) in [7, 11) is 0. The van der Waals surface area contributed by atoms with E-state index in [4.69, 9.17) is 4.74 Å². The molecule has 0 atom stereocenters. The summed E-state index contributed by atoms with van der Waals surface area (Å²) in [5.41, 5.74) is 0. The summed E-state index contributed by atoms with van der Waals surface area (Å²) >= 11 is 0. The minimum atomic E-state index is 0.764. The van der Waals surface area contributed by atoms with Crippen LogP contribution in [0.15, 0.2) is 37.4 Å². The molecule has 1 rings (SSSR count). The molecular weight excluding hydrogens is 114 g/mol. The van der Waals surface area contributed by atoms with Crippen molar-refractivity contribution in [2.45, 2.75) is 0 Å². The van der Waals surface area contributed by atoms with Crippen LogP contribution in [-0.4, -0.2) is 4.98 Å². The zero-order valence-electron chi connectivity index (χ0n) is 4.95. The maximum atomic E-state index is 4.93. The second-order valence-corrected chi connectivity index (χ2v) is 1.47. The first kappa shape index (κ1) is 5.82. The highest BCUT2D eigenvalue weighted by molar-refractivity contribution is 5.17. The van der Waals surface area contributed by atoms with Crippen LogP contribution in [0.5, 0.6) is 5.75 Å². The quantitative estimate of drug-likeness (QED) is 0.554. The number of nitrogens with zero attached hydrogens (tertiary/aromatic N) is 1. The number of rotatable bonds is 2. The molecule has 1 aromatic rings. The number of ether oxygens (including phenoxy) is 1. The third-order valence-corrected chi connectivity index (χ3v) is 0.869. The molecular formula is C7H7NO. The van der Waals surface area contributed by atoms with Crippen molar-refractivity contribution in [2.24, 2.45) is 0 Å². The summed E-state index contributed by atoms with van der Waals surface area (Å²) in [5, 5.41) is 0. The molecule has 0 aliphatic rings. The minimum absolute atomic E-state index is 0.764. The van der Waals surface area contributed by atoms with Crippen molar-refractivity contribution in [3.63, 3.8) is 0 Å². The Morgan fingerprint density at radius 3 is 2.67 bits per heavy atom. The van der Waals surface area contributed by atoms with Crippen molar-refractivity contribution in [3.8, 4) is 5.75 Å². The first-order chi connectivity index (χ1) is 4.43. The first-order valence-electron chi connectivity index (χ1n) is 2.61. The van der Waals surface area contributed by atoms with E-state index < -0.39 is 0 Å². The molecule has 0 saturated carbocycles. The van der Waals surface area contributed by atoms with Crippen molar-refractivity contribution in [3.05, 3.63) is 37.4 Å². The topological polar surface area (TPSA) is 22.1 Å². The molecule has 0 aliphatic heterocycles. The number of pyridine rings is 1. The molecule has 0 saturated heterocycles. The fourth-order valence-corrected chi connectivity index (χ4v) is 0.513. The smallest absolute Gasteiger partial charge is 0.129 e. The molecule has 46 valence electrons. The van der Waals surface area contributed by atoms with Gasteiger partial charge in [-0.3, -0.25) is 4.98 Å². The Bertz CT molecular complexity index is 183. The van der Waals surface area contributed by atoms with Gasteiger partial charge >= 0.3 is 0 Å². The van der Waals surface area contributed by atoms with E-state index in [0.717, 1.165) is 5.75 Å². The van der Waals surface area contributed by atoms with Crippen LogP contribution in [0.4, 0.5) is 0 Å². The van der Waals surface area contributed by atoms with E-state index in [9.17, 15) is 0 Å². The lowest BCUT2D eigenvalue weighted by Gasteiger charge is -1.94. The van der Waals surface area contributed by atoms with E-state index in [1.165, 1.54) is 6.26 Å². The summed E-state index contributed by atoms with van der Waals surface area (Å²) in [6.45, 7) is 3.41. The van der Waals surface area contributed by atoms with Crippen LogP contribution in [0, 0.1) is 0 Å². The zero-order chi connectivity index (χ0) is 6.53. The largest absolute Gasteiger partial charge is 0.466 e. The Hall–Kier alpha value is -1.31. The molecule has 2 nitrogen and oxygen atoms in total. The molecule has 0 N–H and O–H groups in total. The molecule has 0 fully saturated rings. The van der Waals surface area contributed by atoms with E-state index in [1.807, 2.05) is 0 Å². The number of hydrogen-bond acceptors (Lipinski definition) is 2. The maximum Gasteiger partial charge on any atom is 0.129 e. The highest BCUT2D eigenvalue weighted by atomic mass is 16.5. The predicted octanol–water partition coefficient (Wildman–Crippen LogP) is 1.60. The molecule has 1 heterocycles. The molecule has 0 amide bonds. The van der Waals surface area contributed by atoms with Gasteiger partial charge < -0.3 is 4.74 Å². The van der Waals surface area contributed by atoms with E-state index in [2.05, 4.69) is 11.6 Å². The van der Waals surface area contributed by atoms with Crippen LogP contribution in [-0.2, 0) is 0 Å². The van der Waals surface area contributed by atoms with E-state index in [0.29, 0.717) is 0 Å². The summed E-state index contributed by atoms with van der Waals surface area (Å²) in [4.78, 5) is 3.81. The van der Waals surface area contributed by atoms with E-state index in [1.54, 1.807) is 24.5 Å². The van der Waals surface area contributed by atoms with Gasteiger partial charge in [0.15, 0.2) is 0 Å². The van der Waals surface area contributed by atoms with Gasteiger partial charge in [-0.1, -0.05) is 6.58 Å². The lowest BCUT2D eigenvalue weighted by Crippen LogP contribution is -1.78. The van der Waals surface area contributed by atoms with Gasteiger partial charge in [-0.2, -0.15) is 0 Å². The van der Waals surface area contributed by atoms with Crippen LogP contribution in [0.2, 0.25) is 0 Å². The zero-order valence-corrected chi connectivity index (χ0v) is 4.95. The van der Waals surface area contributed by atoms with Gasteiger partial charge in [0, 0.05) is 12.4 Å². The average Bonchev–Trinajstić information content (AvgIpc) is 1.91.